The van der Waals surface area contributed by atoms with Crippen LogP contribution < -0.4 is 4.90 Å². The summed E-state index contributed by atoms with van der Waals surface area (Å²) in [5, 5.41) is 0.592. The molecule has 2 aromatic rings. The van der Waals surface area contributed by atoms with E-state index in [2.05, 4.69) is 19.9 Å². The zero-order chi connectivity index (χ0) is 15.8. The molecule has 2 aliphatic carbocycles. The van der Waals surface area contributed by atoms with Gasteiger partial charge in [-0.2, -0.15) is 0 Å². The molecule has 0 aromatic carbocycles. The molecule has 6 heteroatoms. The highest BCUT2D eigenvalue weighted by atomic mass is 35.5. The van der Waals surface area contributed by atoms with Gasteiger partial charge in [-0.05, 0) is 43.4 Å². The van der Waals surface area contributed by atoms with Crippen LogP contribution in [0.5, 0.6) is 0 Å². The summed E-state index contributed by atoms with van der Waals surface area (Å²) in [6.07, 6.45) is 10.5. The molecule has 2 aliphatic rings. The normalized spacial score (nSPS) is 17.7. The first kappa shape index (κ1) is 14.9. The van der Waals surface area contributed by atoms with Crippen LogP contribution in [-0.4, -0.2) is 21.5 Å². The Hall–Kier alpha value is -1.62. The van der Waals surface area contributed by atoms with Crippen LogP contribution in [0.4, 0.5) is 5.82 Å². The fraction of sp³-hybridized carbons (Fsp3) is 0.588. The Bertz CT molecular complexity index is 669. The van der Waals surface area contributed by atoms with Crippen molar-refractivity contribution in [3.05, 3.63) is 35.4 Å². The van der Waals surface area contributed by atoms with Gasteiger partial charge in [-0.3, -0.25) is 0 Å². The number of rotatable bonds is 7. The zero-order valence-electron chi connectivity index (χ0n) is 13.3. The van der Waals surface area contributed by atoms with Crippen LogP contribution in [0.2, 0.25) is 5.02 Å². The van der Waals surface area contributed by atoms with Crippen molar-refractivity contribution < 1.29 is 4.42 Å². The average Bonchev–Trinajstić information content (AvgIpc) is 3.44. The minimum Gasteiger partial charge on any atom is -0.444 e. The van der Waals surface area contributed by atoms with Crippen LogP contribution in [0.1, 0.15) is 37.3 Å². The summed E-state index contributed by atoms with van der Waals surface area (Å²) in [7, 11) is 0. The number of oxazole rings is 1. The van der Waals surface area contributed by atoms with Crippen molar-refractivity contribution >= 4 is 17.4 Å². The minimum absolute atomic E-state index is 0.592. The average molecular weight is 333 g/mol. The van der Waals surface area contributed by atoms with E-state index in [1.54, 1.807) is 18.7 Å². The molecule has 0 atom stereocenters. The highest BCUT2D eigenvalue weighted by Gasteiger charge is 2.42. The van der Waals surface area contributed by atoms with E-state index in [-0.39, 0.29) is 0 Å². The maximum absolute atomic E-state index is 6.35. The van der Waals surface area contributed by atoms with Crippen LogP contribution >= 0.6 is 11.6 Å². The Kier molecular flexibility index (Phi) is 3.97. The predicted octanol–water partition coefficient (Wildman–Crippen LogP) is 3.87. The third kappa shape index (κ3) is 3.50. The van der Waals surface area contributed by atoms with E-state index in [1.807, 2.05) is 6.92 Å². The van der Waals surface area contributed by atoms with Gasteiger partial charge in [-0.1, -0.05) is 11.6 Å². The molecule has 5 nitrogen and oxygen atoms in total. The van der Waals surface area contributed by atoms with E-state index >= 15 is 0 Å². The lowest BCUT2D eigenvalue weighted by Crippen LogP contribution is -2.32. The van der Waals surface area contributed by atoms with Crippen LogP contribution in [0, 0.1) is 24.7 Å². The molecule has 0 radical (unpaired) electrons. The van der Waals surface area contributed by atoms with Gasteiger partial charge >= 0.3 is 0 Å². The highest BCUT2D eigenvalue weighted by Crippen LogP contribution is 2.49. The van der Waals surface area contributed by atoms with E-state index in [9.17, 15) is 0 Å². The summed E-state index contributed by atoms with van der Waals surface area (Å²) in [5.41, 5.74) is 0. The third-order valence-electron chi connectivity index (χ3n) is 4.85. The fourth-order valence-electron chi connectivity index (χ4n) is 3.42. The molecule has 0 amide bonds. The molecular weight excluding hydrogens is 312 g/mol. The van der Waals surface area contributed by atoms with Gasteiger partial charge in [0.25, 0.3) is 0 Å². The Morgan fingerprint density at radius 2 is 1.96 bits per heavy atom. The maximum atomic E-state index is 6.35. The molecule has 4 rings (SSSR count). The molecule has 2 aromatic heterocycles. The molecule has 0 unspecified atom stereocenters. The van der Waals surface area contributed by atoms with Crippen LogP contribution in [0.25, 0.3) is 0 Å². The van der Waals surface area contributed by atoms with Crippen LogP contribution in [0.15, 0.2) is 23.1 Å². The highest BCUT2D eigenvalue weighted by molar-refractivity contribution is 6.32. The number of aromatic nitrogens is 3. The van der Waals surface area contributed by atoms with Gasteiger partial charge in [-0.25, -0.2) is 15.0 Å². The molecule has 2 heterocycles. The Morgan fingerprint density at radius 1 is 1.22 bits per heavy atom. The number of halogens is 1. The van der Waals surface area contributed by atoms with Crippen LogP contribution in [0.3, 0.4) is 0 Å². The van der Waals surface area contributed by atoms with Gasteiger partial charge in [0.1, 0.15) is 17.1 Å². The first-order chi connectivity index (χ1) is 11.2. The van der Waals surface area contributed by atoms with Gasteiger partial charge in [-0.15, -0.1) is 0 Å². The molecule has 2 saturated carbocycles. The van der Waals surface area contributed by atoms with Crippen molar-refractivity contribution in [1.82, 2.24) is 15.0 Å². The summed E-state index contributed by atoms with van der Waals surface area (Å²) in [6, 6.07) is 0. The quantitative estimate of drug-likeness (QED) is 0.770. The molecular formula is C17H21ClN4O. The van der Waals surface area contributed by atoms with Crippen molar-refractivity contribution in [1.29, 1.82) is 0 Å². The van der Waals surface area contributed by atoms with Crippen molar-refractivity contribution in [2.24, 2.45) is 17.8 Å². The number of hydrogen-bond donors (Lipinski definition) is 0. The first-order valence-electron chi connectivity index (χ1n) is 8.32. The lowest BCUT2D eigenvalue weighted by atomic mass is 9.97. The van der Waals surface area contributed by atoms with E-state index in [0.717, 1.165) is 35.9 Å². The Labute approximate surface area is 141 Å². The Balaban J connectivity index is 1.58. The molecule has 0 spiro atoms. The second kappa shape index (κ2) is 6.11. The SMILES string of the molecule is Cc1ncc(CN(CC(C2CC2)C2CC2)c2ncncc2Cl)o1. The number of aryl methyl sites for hydroxylation is 1. The van der Waals surface area contributed by atoms with Crippen molar-refractivity contribution in [3.8, 4) is 0 Å². The maximum Gasteiger partial charge on any atom is 0.191 e. The van der Waals surface area contributed by atoms with Crippen molar-refractivity contribution in [2.45, 2.75) is 39.2 Å². The van der Waals surface area contributed by atoms with Gasteiger partial charge in [0.2, 0.25) is 0 Å². The summed E-state index contributed by atoms with van der Waals surface area (Å²) in [4.78, 5) is 14.9. The number of hydrogen-bond acceptors (Lipinski definition) is 5. The molecule has 0 N–H and O–H groups in total. The van der Waals surface area contributed by atoms with Crippen molar-refractivity contribution in [2.75, 3.05) is 11.4 Å². The predicted molar refractivity (Wildman–Crippen MR) is 88.3 cm³/mol. The molecule has 23 heavy (non-hydrogen) atoms. The largest absolute Gasteiger partial charge is 0.444 e. The third-order valence-corrected chi connectivity index (χ3v) is 5.12. The monoisotopic (exact) mass is 332 g/mol. The molecule has 2 fully saturated rings. The van der Waals surface area contributed by atoms with E-state index in [0.29, 0.717) is 17.5 Å². The first-order valence-corrected chi connectivity index (χ1v) is 8.70. The van der Waals surface area contributed by atoms with Gasteiger partial charge in [0, 0.05) is 13.5 Å². The summed E-state index contributed by atoms with van der Waals surface area (Å²) < 4.78 is 5.67. The molecule has 0 aliphatic heterocycles. The second-order valence-corrected chi connectivity index (χ2v) is 7.17. The molecule has 0 bridgehead atoms. The Morgan fingerprint density at radius 3 is 2.52 bits per heavy atom. The molecule has 122 valence electrons. The van der Waals surface area contributed by atoms with E-state index < -0.39 is 0 Å². The number of nitrogens with zero attached hydrogens (tertiary/aromatic N) is 4. The summed E-state index contributed by atoms with van der Waals surface area (Å²) in [6.45, 7) is 3.49. The zero-order valence-corrected chi connectivity index (χ0v) is 14.0. The summed E-state index contributed by atoms with van der Waals surface area (Å²) in [5.74, 6) is 4.83. The molecule has 0 saturated heterocycles. The van der Waals surface area contributed by atoms with Gasteiger partial charge in [0.05, 0.1) is 18.9 Å². The summed E-state index contributed by atoms with van der Waals surface area (Å²) >= 11 is 6.35. The smallest absolute Gasteiger partial charge is 0.191 e. The lowest BCUT2D eigenvalue weighted by Gasteiger charge is -2.28. The lowest BCUT2D eigenvalue weighted by molar-refractivity contribution is 0.391. The second-order valence-electron chi connectivity index (χ2n) is 6.76. The van der Waals surface area contributed by atoms with E-state index in [4.69, 9.17) is 16.0 Å². The van der Waals surface area contributed by atoms with Crippen molar-refractivity contribution in [3.63, 3.8) is 0 Å². The van der Waals surface area contributed by atoms with Gasteiger partial charge < -0.3 is 9.32 Å². The standard InChI is InChI=1S/C17H21ClN4O/c1-11-20-6-14(23-11)8-22(17-16(18)7-19-10-21-17)9-15(12-2-3-12)13-4-5-13/h6-7,10,12-13,15H,2-5,8-9H2,1H3. The van der Waals surface area contributed by atoms with Crippen LogP contribution in [-0.2, 0) is 6.54 Å². The number of anilines is 1. The van der Waals surface area contributed by atoms with E-state index in [1.165, 1.54) is 25.7 Å². The van der Waals surface area contributed by atoms with Gasteiger partial charge in [0.15, 0.2) is 11.7 Å². The topological polar surface area (TPSA) is 55.1 Å². The minimum atomic E-state index is 0.592. The fourth-order valence-corrected chi connectivity index (χ4v) is 3.64.